The van der Waals surface area contributed by atoms with E-state index in [0.717, 1.165) is 17.7 Å². The first-order valence-electron chi connectivity index (χ1n) is 6.15. The number of carbonyl (C=O) groups excluding carboxylic acids is 2. The van der Waals surface area contributed by atoms with Crippen molar-refractivity contribution < 1.29 is 9.59 Å². The molecule has 0 bridgehead atoms. The van der Waals surface area contributed by atoms with Gasteiger partial charge in [-0.3, -0.25) is 19.5 Å². The molecule has 2 rings (SSSR count). The summed E-state index contributed by atoms with van der Waals surface area (Å²) in [5.74, 6) is -0.163. The van der Waals surface area contributed by atoms with Gasteiger partial charge in [0, 0.05) is 6.20 Å². The van der Waals surface area contributed by atoms with Crippen LogP contribution in [0.4, 0.5) is 5.69 Å². The quantitative estimate of drug-likeness (QED) is 0.867. The highest BCUT2D eigenvalue weighted by atomic mass is 16.2. The Morgan fingerprint density at radius 1 is 1.50 bits per heavy atom. The van der Waals surface area contributed by atoms with Gasteiger partial charge in [-0.2, -0.15) is 0 Å². The Morgan fingerprint density at radius 2 is 2.28 bits per heavy atom. The highest BCUT2D eigenvalue weighted by Gasteiger charge is 2.33. The second-order valence-electron chi connectivity index (χ2n) is 4.50. The van der Waals surface area contributed by atoms with E-state index in [0.29, 0.717) is 6.42 Å². The first-order chi connectivity index (χ1) is 8.63. The minimum atomic E-state index is -0.407. The number of carbonyl (C=O) groups is 2. The number of rotatable bonds is 3. The molecule has 2 heterocycles. The molecule has 1 N–H and O–H groups in total. The summed E-state index contributed by atoms with van der Waals surface area (Å²) < 4.78 is 0. The lowest BCUT2D eigenvalue weighted by atomic mass is 10.1. The van der Waals surface area contributed by atoms with Crippen molar-refractivity contribution in [2.75, 3.05) is 11.4 Å². The van der Waals surface area contributed by atoms with Crippen molar-refractivity contribution in [3.8, 4) is 0 Å². The van der Waals surface area contributed by atoms with Gasteiger partial charge in [-0.1, -0.05) is 13.3 Å². The zero-order valence-electron chi connectivity index (χ0n) is 10.6. The molecule has 1 saturated heterocycles. The second kappa shape index (κ2) is 5.16. The molecule has 1 unspecified atom stereocenters. The summed E-state index contributed by atoms with van der Waals surface area (Å²) >= 11 is 0. The number of piperazine rings is 1. The normalized spacial score (nSPS) is 19.9. The lowest BCUT2D eigenvalue weighted by Crippen LogP contribution is -2.58. The Balaban J connectivity index is 2.29. The molecule has 0 saturated carbocycles. The summed E-state index contributed by atoms with van der Waals surface area (Å²) in [7, 11) is 0. The predicted octanol–water partition coefficient (Wildman–Crippen LogP) is 1.02. The lowest BCUT2D eigenvalue weighted by molar-refractivity contribution is -0.131. The van der Waals surface area contributed by atoms with Gasteiger partial charge in [-0.25, -0.2) is 0 Å². The minimum Gasteiger partial charge on any atom is -0.343 e. The third kappa shape index (κ3) is 2.34. The Labute approximate surface area is 106 Å². The van der Waals surface area contributed by atoms with E-state index in [2.05, 4.69) is 10.3 Å². The van der Waals surface area contributed by atoms with Crippen molar-refractivity contribution in [2.45, 2.75) is 32.7 Å². The number of hydrogen-bond donors (Lipinski definition) is 1. The zero-order valence-corrected chi connectivity index (χ0v) is 10.6. The van der Waals surface area contributed by atoms with Crippen LogP contribution in [0.2, 0.25) is 0 Å². The van der Waals surface area contributed by atoms with Gasteiger partial charge in [0.25, 0.3) is 0 Å². The maximum Gasteiger partial charge on any atom is 0.250 e. The largest absolute Gasteiger partial charge is 0.343 e. The van der Waals surface area contributed by atoms with Gasteiger partial charge >= 0.3 is 0 Å². The average molecular weight is 247 g/mol. The topological polar surface area (TPSA) is 62.3 Å². The predicted molar refractivity (Wildman–Crippen MR) is 68.2 cm³/mol. The molecule has 1 atom stereocenters. The fraction of sp³-hybridized carbons (Fsp3) is 0.462. The molecular weight excluding hydrogens is 230 g/mol. The van der Waals surface area contributed by atoms with Gasteiger partial charge in [0.1, 0.15) is 12.6 Å². The SMILES string of the molecule is CCCC1NC(=O)CN(c2cnccc2C)C1=O. The molecule has 1 aromatic heterocycles. The Morgan fingerprint density at radius 3 is 2.94 bits per heavy atom. The van der Waals surface area contributed by atoms with E-state index < -0.39 is 6.04 Å². The van der Waals surface area contributed by atoms with Crippen molar-refractivity contribution in [2.24, 2.45) is 0 Å². The first kappa shape index (κ1) is 12.5. The minimum absolute atomic E-state index is 0.0486. The van der Waals surface area contributed by atoms with E-state index in [4.69, 9.17) is 0 Å². The summed E-state index contributed by atoms with van der Waals surface area (Å²) in [4.78, 5) is 29.5. The monoisotopic (exact) mass is 247 g/mol. The van der Waals surface area contributed by atoms with Crippen LogP contribution >= 0.6 is 0 Å². The number of anilines is 1. The van der Waals surface area contributed by atoms with Gasteiger partial charge < -0.3 is 5.32 Å². The van der Waals surface area contributed by atoms with E-state index in [9.17, 15) is 9.59 Å². The van der Waals surface area contributed by atoms with Gasteiger partial charge in [-0.05, 0) is 25.0 Å². The van der Waals surface area contributed by atoms with E-state index in [1.165, 1.54) is 4.90 Å². The molecule has 0 aliphatic carbocycles. The van der Waals surface area contributed by atoms with Crippen LogP contribution in [-0.2, 0) is 9.59 Å². The Hall–Kier alpha value is -1.91. The number of aryl methyl sites for hydroxylation is 1. The molecule has 1 aliphatic rings. The molecule has 0 aromatic carbocycles. The van der Waals surface area contributed by atoms with Crippen molar-refractivity contribution >= 4 is 17.5 Å². The van der Waals surface area contributed by atoms with Crippen LogP contribution in [0.3, 0.4) is 0 Å². The zero-order chi connectivity index (χ0) is 13.1. The molecule has 0 radical (unpaired) electrons. The van der Waals surface area contributed by atoms with Gasteiger partial charge in [-0.15, -0.1) is 0 Å². The molecule has 0 spiro atoms. The maximum atomic E-state index is 12.3. The molecule has 1 aliphatic heterocycles. The number of hydrogen-bond acceptors (Lipinski definition) is 3. The summed E-state index contributed by atoms with van der Waals surface area (Å²) in [5, 5.41) is 2.74. The van der Waals surface area contributed by atoms with Gasteiger partial charge in [0.2, 0.25) is 11.8 Å². The maximum absolute atomic E-state index is 12.3. The van der Waals surface area contributed by atoms with E-state index in [-0.39, 0.29) is 18.4 Å². The van der Waals surface area contributed by atoms with Crippen molar-refractivity contribution in [3.63, 3.8) is 0 Å². The summed E-state index contributed by atoms with van der Waals surface area (Å²) in [6.45, 7) is 3.98. The van der Waals surface area contributed by atoms with Crippen molar-refractivity contribution in [3.05, 3.63) is 24.0 Å². The van der Waals surface area contributed by atoms with Gasteiger partial charge in [0.05, 0.1) is 11.9 Å². The fourth-order valence-electron chi connectivity index (χ4n) is 2.14. The van der Waals surface area contributed by atoms with Crippen LogP contribution in [0.5, 0.6) is 0 Å². The van der Waals surface area contributed by atoms with E-state index in [1.54, 1.807) is 12.4 Å². The number of nitrogens with zero attached hydrogens (tertiary/aromatic N) is 2. The fourth-order valence-corrected chi connectivity index (χ4v) is 2.14. The van der Waals surface area contributed by atoms with Gasteiger partial charge in [0.15, 0.2) is 0 Å². The van der Waals surface area contributed by atoms with E-state index >= 15 is 0 Å². The van der Waals surface area contributed by atoms with Crippen molar-refractivity contribution in [1.29, 1.82) is 0 Å². The number of amides is 2. The van der Waals surface area contributed by atoms with Crippen LogP contribution < -0.4 is 10.2 Å². The molecule has 5 nitrogen and oxygen atoms in total. The molecule has 1 aromatic rings. The third-order valence-corrected chi connectivity index (χ3v) is 3.08. The second-order valence-corrected chi connectivity index (χ2v) is 4.50. The summed E-state index contributed by atoms with van der Waals surface area (Å²) in [6, 6.07) is 1.43. The van der Waals surface area contributed by atoms with Crippen molar-refractivity contribution in [1.82, 2.24) is 10.3 Å². The number of pyridine rings is 1. The summed E-state index contributed by atoms with van der Waals surface area (Å²) in [6.07, 6.45) is 4.84. The molecule has 18 heavy (non-hydrogen) atoms. The van der Waals surface area contributed by atoms with Crippen LogP contribution in [0.1, 0.15) is 25.3 Å². The average Bonchev–Trinajstić information content (AvgIpc) is 2.34. The van der Waals surface area contributed by atoms with Crippen LogP contribution in [-0.4, -0.2) is 29.4 Å². The van der Waals surface area contributed by atoms with Crippen LogP contribution in [0.25, 0.3) is 0 Å². The number of aromatic nitrogens is 1. The Bertz CT molecular complexity index is 473. The summed E-state index contributed by atoms with van der Waals surface area (Å²) in [5.41, 5.74) is 1.67. The van der Waals surface area contributed by atoms with E-state index in [1.807, 2.05) is 19.9 Å². The number of nitrogens with one attached hydrogen (secondary N) is 1. The molecule has 96 valence electrons. The highest BCUT2D eigenvalue weighted by Crippen LogP contribution is 2.21. The molecule has 2 amide bonds. The Kier molecular flexibility index (Phi) is 3.60. The van der Waals surface area contributed by atoms with Crippen LogP contribution in [0, 0.1) is 6.92 Å². The third-order valence-electron chi connectivity index (χ3n) is 3.08. The van der Waals surface area contributed by atoms with Crippen LogP contribution in [0.15, 0.2) is 18.5 Å². The smallest absolute Gasteiger partial charge is 0.250 e. The standard InChI is InChI=1S/C13H17N3O2/c1-3-4-10-13(18)16(8-12(17)15-10)11-7-14-6-5-9(11)2/h5-7,10H,3-4,8H2,1-2H3,(H,15,17). The molecule has 1 fully saturated rings. The lowest BCUT2D eigenvalue weighted by Gasteiger charge is -2.33. The first-order valence-corrected chi connectivity index (χ1v) is 6.15. The molecular formula is C13H17N3O2. The molecule has 5 heteroatoms. The highest BCUT2D eigenvalue weighted by molar-refractivity contribution is 6.06.